The lowest BCUT2D eigenvalue weighted by atomic mass is 9.96. The van der Waals surface area contributed by atoms with E-state index in [0.29, 0.717) is 21.9 Å². The van der Waals surface area contributed by atoms with Gasteiger partial charge in [-0.2, -0.15) is 0 Å². The zero-order valence-electron chi connectivity index (χ0n) is 21.2. The monoisotopic (exact) mass is 534 g/mol. The lowest BCUT2D eigenvalue weighted by molar-refractivity contribution is -0.130. The molecule has 0 aliphatic carbocycles. The lowest BCUT2D eigenvalue weighted by Gasteiger charge is -2.13. The summed E-state index contributed by atoms with van der Waals surface area (Å²) >= 11 is 0. The highest BCUT2D eigenvalue weighted by Gasteiger charge is 2.15. The molecular formula is C32H22O8. The van der Waals surface area contributed by atoms with E-state index in [1.165, 1.54) is 12.1 Å². The van der Waals surface area contributed by atoms with Gasteiger partial charge in [-0.25, -0.2) is 19.2 Å². The van der Waals surface area contributed by atoms with E-state index in [1.54, 1.807) is 24.3 Å². The zero-order chi connectivity index (χ0) is 28.8. The molecule has 8 nitrogen and oxygen atoms in total. The summed E-state index contributed by atoms with van der Waals surface area (Å²) in [5, 5.41) is 2.81. The number of hydrogen-bond acceptors (Lipinski definition) is 8. The maximum Gasteiger partial charge on any atom is 0.335 e. The highest BCUT2D eigenvalue weighted by atomic mass is 16.6. The van der Waals surface area contributed by atoms with E-state index in [1.807, 2.05) is 24.3 Å². The van der Waals surface area contributed by atoms with Crippen molar-refractivity contribution in [2.75, 3.05) is 0 Å². The Morgan fingerprint density at radius 1 is 0.475 bits per heavy atom. The molecule has 4 aromatic rings. The van der Waals surface area contributed by atoms with Gasteiger partial charge in [-0.3, -0.25) is 0 Å². The summed E-state index contributed by atoms with van der Waals surface area (Å²) in [6.07, 6.45) is 4.09. The topological polar surface area (TPSA) is 105 Å². The van der Waals surface area contributed by atoms with Gasteiger partial charge in [0.1, 0.15) is 23.0 Å². The van der Waals surface area contributed by atoms with Gasteiger partial charge in [0, 0.05) is 41.8 Å². The Kier molecular flexibility index (Phi) is 8.01. The SMILES string of the molecule is C=CC(=O)Oc1cc(OC(=O)C=C)cc(-c2ccc3c(ccc4c(OC(=O)C=C)cc(OC(=O)C=C)cc43)c2)c1. The van der Waals surface area contributed by atoms with Crippen molar-refractivity contribution in [3.8, 4) is 34.1 Å². The fraction of sp³-hybridized carbons (Fsp3) is 0. The molecule has 0 N–H and O–H groups in total. The van der Waals surface area contributed by atoms with Crippen molar-refractivity contribution in [1.82, 2.24) is 0 Å². The Hall–Kier alpha value is -5.76. The third kappa shape index (κ3) is 6.03. The molecule has 0 aliphatic heterocycles. The molecule has 0 saturated heterocycles. The van der Waals surface area contributed by atoms with Crippen molar-refractivity contribution >= 4 is 45.4 Å². The van der Waals surface area contributed by atoms with Gasteiger partial charge >= 0.3 is 23.9 Å². The normalized spacial score (nSPS) is 10.3. The summed E-state index contributed by atoms with van der Waals surface area (Å²) in [5.74, 6) is -2.06. The van der Waals surface area contributed by atoms with Crippen molar-refractivity contribution < 1.29 is 38.1 Å². The quantitative estimate of drug-likeness (QED) is 0.111. The minimum atomic E-state index is -0.677. The van der Waals surface area contributed by atoms with Gasteiger partial charge in [-0.05, 0) is 57.6 Å². The Labute approximate surface area is 229 Å². The summed E-state index contributed by atoms with van der Waals surface area (Å²) in [7, 11) is 0. The Balaban J connectivity index is 1.87. The number of carbonyl (C=O) groups is 4. The number of fused-ring (bicyclic) bond motifs is 3. The third-order valence-electron chi connectivity index (χ3n) is 5.63. The van der Waals surface area contributed by atoms with Gasteiger partial charge in [0.25, 0.3) is 0 Å². The van der Waals surface area contributed by atoms with E-state index >= 15 is 0 Å². The second kappa shape index (κ2) is 11.7. The number of benzene rings is 4. The number of carbonyl (C=O) groups excluding carboxylic acids is 4. The van der Waals surface area contributed by atoms with E-state index in [0.717, 1.165) is 35.1 Å². The van der Waals surface area contributed by atoms with Gasteiger partial charge in [0.15, 0.2) is 0 Å². The molecule has 0 aromatic heterocycles. The highest BCUT2D eigenvalue weighted by molar-refractivity contribution is 6.11. The molecule has 0 fully saturated rings. The van der Waals surface area contributed by atoms with Gasteiger partial charge < -0.3 is 18.9 Å². The van der Waals surface area contributed by atoms with E-state index in [4.69, 9.17) is 18.9 Å². The van der Waals surface area contributed by atoms with Crippen LogP contribution in [0.1, 0.15) is 0 Å². The second-order valence-corrected chi connectivity index (χ2v) is 8.21. The molecule has 0 heterocycles. The minimum absolute atomic E-state index is 0.148. The molecule has 40 heavy (non-hydrogen) atoms. The summed E-state index contributed by atoms with van der Waals surface area (Å²) in [6.45, 7) is 13.6. The number of esters is 4. The van der Waals surface area contributed by atoms with Gasteiger partial charge in [0.05, 0.1) is 0 Å². The molecule has 4 rings (SSSR count). The van der Waals surface area contributed by atoms with Crippen LogP contribution in [0.4, 0.5) is 0 Å². The molecule has 0 spiro atoms. The molecule has 0 radical (unpaired) electrons. The third-order valence-corrected chi connectivity index (χ3v) is 5.63. The van der Waals surface area contributed by atoms with Crippen molar-refractivity contribution in [3.05, 3.63) is 111 Å². The molecule has 0 atom stereocenters. The average Bonchev–Trinajstić information content (AvgIpc) is 2.96. The van der Waals surface area contributed by atoms with Gasteiger partial charge in [0.2, 0.25) is 0 Å². The van der Waals surface area contributed by atoms with Gasteiger partial charge in [-0.15, -0.1) is 0 Å². The first kappa shape index (κ1) is 27.3. The molecule has 0 bridgehead atoms. The maximum atomic E-state index is 12.0. The van der Waals surface area contributed by atoms with Crippen molar-refractivity contribution in [2.45, 2.75) is 0 Å². The Morgan fingerprint density at radius 2 is 0.975 bits per heavy atom. The molecule has 0 amide bonds. The first-order valence-corrected chi connectivity index (χ1v) is 11.8. The summed E-state index contributed by atoms with van der Waals surface area (Å²) in [4.78, 5) is 47.4. The summed E-state index contributed by atoms with van der Waals surface area (Å²) < 4.78 is 21.2. The molecule has 198 valence electrons. The van der Waals surface area contributed by atoms with Crippen molar-refractivity contribution in [1.29, 1.82) is 0 Å². The number of rotatable bonds is 9. The van der Waals surface area contributed by atoms with Crippen molar-refractivity contribution in [3.63, 3.8) is 0 Å². The first-order chi connectivity index (χ1) is 19.2. The smallest absolute Gasteiger partial charge is 0.335 e. The largest absolute Gasteiger partial charge is 0.423 e. The Bertz CT molecular complexity index is 1710. The van der Waals surface area contributed by atoms with E-state index in [2.05, 4.69) is 26.3 Å². The van der Waals surface area contributed by atoms with E-state index in [9.17, 15) is 19.2 Å². The predicted octanol–water partition coefficient (Wildman–Crippen LogP) is 6.03. The van der Waals surface area contributed by atoms with Crippen LogP contribution in [0.5, 0.6) is 23.0 Å². The fourth-order valence-corrected chi connectivity index (χ4v) is 3.92. The summed E-state index contributed by atoms with van der Waals surface area (Å²) in [5.41, 5.74) is 1.31. The zero-order valence-corrected chi connectivity index (χ0v) is 21.2. The molecule has 0 saturated carbocycles. The first-order valence-electron chi connectivity index (χ1n) is 11.8. The minimum Gasteiger partial charge on any atom is -0.423 e. The fourth-order valence-electron chi connectivity index (χ4n) is 3.92. The van der Waals surface area contributed by atoms with Crippen LogP contribution in [0, 0.1) is 0 Å². The highest BCUT2D eigenvalue weighted by Crippen LogP contribution is 2.38. The van der Waals surface area contributed by atoms with Crippen LogP contribution in [-0.4, -0.2) is 23.9 Å². The number of ether oxygens (including phenoxy) is 4. The van der Waals surface area contributed by atoms with Crippen LogP contribution >= 0.6 is 0 Å². The standard InChI is InChI=1S/C32H22O8/c1-5-29(33)37-22-14-21(15-23(16-22)38-30(34)6-2)19-9-11-25-20(13-19)10-12-26-27(25)17-24(39-31(35)7-3)18-28(26)40-32(36)8-4/h5-18H,1-4H2. The molecular weight excluding hydrogens is 512 g/mol. The van der Waals surface area contributed by atoms with Crippen LogP contribution in [-0.2, 0) is 19.2 Å². The van der Waals surface area contributed by atoms with Crippen LogP contribution in [0.2, 0.25) is 0 Å². The molecule has 4 aromatic carbocycles. The molecule has 8 heteroatoms. The molecule has 0 aliphatic rings. The van der Waals surface area contributed by atoms with Gasteiger partial charge in [-0.1, -0.05) is 44.5 Å². The van der Waals surface area contributed by atoms with Crippen LogP contribution in [0.15, 0.2) is 111 Å². The van der Waals surface area contributed by atoms with Crippen molar-refractivity contribution in [2.24, 2.45) is 0 Å². The predicted molar refractivity (Wildman–Crippen MR) is 150 cm³/mol. The maximum absolute atomic E-state index is 12.0. The lowest BCUT2D eigenvalue weighted by Crippen LogP contribution is -2.06. The van der Waals surface area contributed by atoms with Crippen LogP contribution < -0.4 is 18.9 Å². The van der Waals surface area contributed by atoms with E-state index < -0.39 is 23.9 Å². The van der Waals surface area contributed by atoms with Crippen LogP contribution in [0.25, 0.3) is 32.7 Å². The second-order valence-electron chi connectivity index (χ2n) is 8.21. The summed E-state index contributed by atoms with van der Waals surface area (Å²) in [6, 6.07) is 16.9. The van der Waals surface area contributed by atoms with Crippen LogP contribution in [0.3, 0.4) is 0 Å². The number of hydrogen-bond donors (Lipinski definition) is 0. The Morgan fingerprint density at radius 3 is 1.52 bits per heavy atom. The average molecular weight is 535 g/mol. The molecule has 0 unspecified atom stereocenters. The van der Waals surface area contributed by atoms with E-state index in [-0.39, 0.29) is 23.0 Å².